The number of carbonyl (C=O) groups is 1. The van der Waals surface area contributed by atoms with E-state index < -0.39 is 18.3 Å². The van der Waals surface area contributed by atoms with Crippen LogP contribution in [0.15, 0.2) is 46.8 Å². The highest BCUT2D eigenvalue weighted by Gasteiger charge is 2.14. The van der Waals surface area contributed by atoms with Crippen LogP contribution in [-0.4, -0.2) is 23.3 Å². The Balaban J connectivity index is 1.65. The molecule has 1 aromatic heterocycles. The van der Waals surface area contributed by atoms with Crippen molar-refractivity contribution >= 4 is 44.9 Å². The lowest BCUT2D eigenvalue weighted by molar-refractivity contribution is -0.113. The number of fused-ring (bicyclic) bond motifs is 1. The third kappa shape index (κ3) is 4.64. The molecule has 0 aliphatic carbocycles. The molecule has 0 saturated heterocycles. The van der Waals surface area contributed by atoms with E-state index >= 15 is 0 Å². The van der Waals surface area contributed by atoms with Gasteiger partial charge in [-0.05, 0) is 24.3 Å². The minimum Gasteiger partial charge on any atom is -0.433 e. The minimum absolute atomic E-state index is 0.00442. The Hall–Kier alpha value is -2.26. The van der Waals surface area contributed by atoms with Gasteiger partial charge >= 0.3 is 6.61 Å². The van der Waals surface area contributed by atoms with Gasteiger partial charge in [-0.3, -0.25) is 4.79 Å². The molecule has 1 heterocycles. The standard InChI is InChI=1S/C16H11F3N2O2S2/c17-9-5-6-12(23-15(18)19)11(7-9)20-14(22)8-24-16-21-10-3-1-2-4-13(10)25-16/h1-7,15H,8H2,(H,20,22). The molecule has 0 saturated carbocycles. The maximum atomic E-state index is 13.3. The van der Waals surface area contributed by atoms with E-state index in [4.69, 9.17) is 0 Å². The summed E-state index contributed by atoms with van der Waals surface area (Å²) in [7, 11) is 0. The number of rotatable bonds is 6. The molecule has 0 radical (unpaired) electrons. The highest BCUT2D eigenvalue weighted by atomic mass is 32.2. The molecule has 0 aliphatic rings. The Bertz CT molecular complexity index is 869. The van der Waals surface area contributed by atoms with Gasteiger partial charge in [-0.15, -0.1) is 11.3 Å². The first-order valence-electron chi connectivity index (χ1n) is 7.04. The Labute approximate surface area is 149 Å². The van der Waals surface area contributed by atoms with Gasteiger partial charge in [0, 0.05) is 6.07 Å². The van der Waals surface area contributed by atoms with Crippen molar-refractivity contribution in [1.29, 1.82) is 0 Å². The van der Waals surface area contributed by atoms with Gasteiger partial charge < -0.3 is 10.1 Å². The molecule has 130 valence electrons. The van der Waals surface area contributed by atoms with Crippen molar-refractivity contribution in [2.75, 3.05) is 11.1 Å². The predicted octanol–water partition coefficient (Wildman–Crippen LogP) is 4.77. The van der Waals surface area contributed by atoms with Gasteiger partial charge in [0.2, 0.25) is 5.91 Å². The van der Waals surface area contributed by atoms with Crippen molar-refractivity contribution in [3.05, 3.63) is 48.3 Å². The minimum atomic E-state index is -3.07. The summed E-state index contributed by atoms with van der Waals surface area (Å²) in [5.41, 5.74) is 0.698. The molecule has 0 aliphatic heterocycles. The number of halogens is 3. The number of nitrogens with zero attached hydrogens (tertiary/aromatic N) is 1. The number of thiazole rings is 1. The molecular formula is C16H11F3N2O2S2. The molecule has 25 heavy (non-hydrogen) atoms. The van der Waals surface area contributed by atoms with Crippen LogP contribution in [0.5, 0.6) is 5.75 Å². The average Bonchev–Trinajstić information content (AvgIpc) is 2.98. The van der Waals surface area contributed by atoms with Crippen LogP contribution in [0.25, 0.3) is 10.2 Å². The van der Waals surface area contributed by atoms with E-state index in [2.05, 4.69) is 15.0 Å². The third-order valence-corrected chi connectivity index (χ3v) is 5.21. The lowest BCUT2D eigenvalue weighted by atomic mass is 10.3. The number of anilines is 1. The number of amides is 1. The monoisotopic (exact) mass is 384 g/mol. The number of benzene rings is 2. The van der Waals surface area contributed by atoms with E-state index in [0.717, 1.165) is 28.4 Å². The second kappa shape index (κ2) is 7.75. The zero-order chi connectivity index (χ0) is 17.8. The van der Waals surface area contributed by atoms with Gasteiger partial charge in [0.1, 0.15) is 11.6 Å². The number of hydrogen-bond acceptors (Lipinski definition) is 5. The van der Waals surface area contributed by atoms with Crippen molar-refractivity contribution in [1.82, 2.24) is 4.98 Å². The van der Waals surface area contributed by atoms with Crippen molar-refractivity contribution in [3.63, 3.8) is 0 Å². The summed E-state index contributed by atoms with van der Waals surface area (Å²) in [4.78, 5) is 16.4. The molecule has 0 unspecified atom stereocenters. The van der Waals surface area contributed by atoms with Gasteiger partial charge in [-0.25, -0.2) is 9.37 Å². The number of para-hydroxylation sites is 1. The zero-order valence-electron chi connectivity index (χ0n) is 12.5. The Kier molecular flexibility index (Phi) is 5.44. The fourth-order valence-electron chi connectivity index (χ4n) is 2.03. The number of ether oxygens (including phenoxy) is 1. The van der Waals surface area contributed by atoms with Crippen LogP contribution in [0.3, 0.4) is 0 Å². The number of alkyl halides is 2. The van der Waals surface area contributed by atoms with E-state index in [1.54, 1.807) is 0 Å². The van der Waals surface area contributed by atoms with Gasteiger partial charge in [-0.1, -0.05) is 23.9 Å². The quantitative estimate of drug-likeness (QED) is 0.622. The Morgan fingerprint density at radius 1 is 1.28 bits per heavy atom. The van der Waals surface area contributed by atoms with E-state index in [1.165, 1.54) is 23.1 Å². The first kappa shape index (κ1) is 17.6. The van der Waals surface area contributed by atoms with Crippen LogP contribution in [0.1, 0.15) is 0 Å². The fourth-order valence-corrected chi connectivity index (χ4v) is 3.89. The van der Waals surface area contributed by atoms with Crippen LogP contribution in [0.2, 0.25) is 0 Å². The third-order valence-electron chi connectivity index (χ3n) is 3.03. The van der Waals surface area contributed by atoms with Crippen LogP contribution < -0.4 is 10.1 Å². The molecule has 0 spiro atoms. The van der Waals surface area contributed by atoms with Gasteiger partial charge in [0.05, 0.1) is 21.7 Å². The largest absolute Gasteiger partial charge is 0.433 e. The lowest BCUT2D eigenvalue weighted by Gasteiger charge is -2.11. The topological polar surface area (TPSA) is 51.2 Å². The average molecular weight is 384 g/mol. The number of thioether (sulfide) groups is 1. The normalized spacial score (nSPS) is 11.0. The maximum absolute atomic E-state index is 13.3. The molecular weight excluding hydrogens is 373 g/mol. The fraction of sp³-hybridized carbons (Fsp3) is 0.125. The molecule has 0 fully saturated rings. The molecule has 2 aromatic carbocycles. The molecule has 3 aromatic rings. The van der Waals surface area contributed by atoms with Crippen LogP contribution in [0, 0.1) is 5.82 Å². The highest BCUT2D eigenvalue weighted by molar-refractivity contribution is 8.01. The van der Waals surface area contributed by atoms with Gasteiger partial charge in [0.25, 0.3) is 0 Å². The Morgan fingerprint density at radius 2 is 2.08 bits per heavy atom. The first-order chi connectivity index (χ1) is 12.0. The summed E-state index contributed by atoms with van der Waals surface area (Å²) >= 11 is 2.66. The summed E-state index contributed by atoms with van der Waals surface area (Å²) in [6.45, 7) is -3.07. The molecule has 9 heteroatoms. The van der Waals surface area contributed by atoms with Crippen molar-refractivity contribution in [2.45, 2.75) is 11.0 Å². The zero-order valence-corrected chi connectivity index (χ0v) is 14.2. The van der Waals surface area contributed by atoms with Crippen LogP contribution in [-0.2, 0) is 4.79 Å². The number of nitrogens with one attached hydrogen (secondary N) is 1. The summed E-state index contributed by atoms with van der Waals surface area (Å²) in [6, 6.07) is 10.5. The number of aromatic nitrogens is 1. The van der Waals surface area contributed by atoms with E-state index in [9.17, 15) is 18.0 Å². The van der Waals surface area contributed by atoms with Crippen LogP contribution in [0.4, 0.5) is 18.9 Å². The van der Waals surface area contributed by atoms with Crippen molar-refractivity contribution in [3.8, 4) is 5.75 Å². The summed E-state index contributed by atoms with van der Waals surface area (Å²) in [5.74, 6) is -1.44. The van der Waals surface area contributed by atoms with Crippen molar-refractivity contribution in [2.24, 2.45) is 0 Å². The summed E-state index contributed by atoms with van der Waals surface area (Å²) in [5, 5.41) is 2.38. The summed E-state index contributed by atoms with van der Waals surface area (Å²) in [6.07, 6.45) is 0. The molecule has 1 amide bonds. The molecule has 1 N–H and O–H groups in total. The van der Waals surface area contributed by atoms with Gasteiger partial charge in [-0.2, -0.15) is 8.78 Å². The van der Waals surface area contributed by atoms with E-state index in [-0.39, 0.29) is 17.2 Å². The molecule has 0 bridgehead atoms. The number of carbonyl (C=O) groups excluding carboxylic acids is 1. The van der Waals surface area contributed by atoms with Gasteiger partial charge in [0.15, 0.2) is 4.34 Å². The lowest BCUT2D eigenvalue weighted by Crippen LogP contribution is -2.15. The van der Waals surface area contributed by atoms with Crippen molar-refractivity contribution < 1.29 is 22.7 Å². The maximum Gasteiger partial charge on any atom is 0.387 e. The Morgan fingerprint density at radius 3 is 2.84 bits per heavy atom. The van der Waals surface area contributed by atoms with E-state index in [0.29, 0.717) is 4.34 Å². The summed E-state index contributed by atoms with van der Waals surface area (Å²) < 4.78 is 44.0. The number of hydrogen-bond donors (Lipinski definition) is 1. The van der Waals surface area contributed by atoms with Crippen LogP contribution >= 0.6 is 23.1 Å². The molecule has 4 nitrogen and oxygen atoms in total. The SMILES string of the molecule is O=C(CSc1nc2ccccc2s1)Nc1cc(F)ccc1OC(F)F. The molecule has 3 rings (SSSR count). The highest BCUT2D eigenvalue weighted by Crippen LogP contribution is 2.30. The smallest absolute Gasteiger partial charge is 0.387 e. The molecule has 0 atom stereocenters. The predicted molar refractivity (Wildman–Crippen MR) is 92.0 cm³/mol. The second-order valence-electron chi connectivity index (χ2n) is 4.80. The first-order valence-corrected chi connectivity index (χ1v) is 8.84. The van der Waals surface area contributed by atoms with E-state index in [1.807, 2.05) is 24.3 Å². The second-order valence-corrected chi connectivity index (χ2v) is 7.06.